The van der Waals surface area contributed by atoms with Crippen LogP contribution in [0.2, 0.25) is 0 Å². The van der Waals surface area contributed by atoms with Crippen LogP contribution in [0.4, 0.5) is 4.39 Å². The maximum absolute atomic E-state index is 14.6. The molecule has 40 heavy (non-hydrogen) atoms. The third-order valence-corrected chi connectivity index (χ3v) is 8.41. The molecule has 5 rings (SSSR count). The van der Waals surface area contributed by atoms with Crippen molar-refractivity contribution in [2.75, 3.05) is 6.54 Å². The first-order valence-corrected chi connectivity index (χ1v) is 13.8. The third kappa shape index (κ3) is 4.96. The highest BCUT2D eigenvalue weighted by Crippen LogP contribution is 2.44. The fraction of sp³-hybridized carbons (Fsp3) is 0.406. The lowest BCUT2D eigenvalue weighted by atomic mass is 9.69. The largest absolute Gasteiger partial charge is 0.486 e. The van der Waals surface area contributed by atoms with Crippen molar-refractivity contribution in [3.05, 3.63) is 87.7 Å². The summed E-state index contributed by atoms with van der Waals surface area (Å²) < 4.78 is 22.4. The molecule has 0 fully saturated rings. The fourth-order valence-electron chi connectivity index (χ4n) is 5.89. The lowest BCUT2D eigenvalue weighted by Gasteiger charge is -2.33. The van der Waals surface area contributed by atoms with Crippen molar-refractivity contribution in [1.82, 2.24) is 19.9 Å². The van der Waals surface area contributed by atoms with Crippen LogP contribution in [-0.2, 0) is 24.9 Å². The smallest absolute Gasteiger partial charge is 0.310 e. The van der Waals surface area contributed by atoms with Gasteiger partial charge in [0.15, 0.2) is 11.6 Å². The number of para-hydroxylation sites is 1. The van der Waals surface area contributed by atoms with E-state index in [-0.39, 0.29) is 11.9 Å². The molecule has 0 saturated heterocycles. The van der Waals surface area contributed by atoms with Crippen molar-refractivity contribution >= 4 is 17.0 Å². The third-order valence-electron chi connectivity index (χ3n) is 8.41. The Hall–Kier alpha value is -3.78. The second-order valence-electron chi connectivity index (χ2n) is 11.6. The number of aromatic nitrogens is 3. The summed E-state index contributed by atoms with van der Waals surface area (Å²) in [5.41, 5.74) is 6.45. The molecule has 7 nitrogen and oxygen atoms in total. The molecule has 0 amide bonds. The number of hydrogen-bond donors (Lipinski definition) is 1. The number of hydrogen-bond acceptors (Lipinski definition) is 5. The number of ether oxygens (including phenoxy) is 1. The van der Waals surface area contributed by atoms with Gasteiger partial charge in [-0.25, -0.2) is 9.07 Å². The van der Waals surface area contributed by atoms with Crippen LogP contribution in [-0.4, -0.2) is 43.6 Å². The second kappa shape index (κ2) is 10.7. The number of carbonyl (C=O) groups is 1. The van der Waals surface area contributed by atoms with E-state index in [9.17, 15) is 14.3 Å². The van der Waals surface area contributed by atoms with E-state index in [0.717, 1.165) is 50.8 Å². The first-order chi connectivity index (χ1) is 19.0. The van der Waals surface area contributed by atoms with E-state index in [0.29, 0.717) is 25.4 Å². The van der Waals surface area contributed by atoms with Crippen LogP contribution >= 0.6 is 0 Å². The van der Waals surface area contributed by atoms with Gasteiger partial charge in [-0.3, -0.25) is 9.69 Å². The molecule has 0 aliphatic carbocycles. The fourth-order valence-corrected chi connectivity index (χ4v) is 5.89. The molecular formula is C32H37FN4O3. The average molecular weight is 545 g/mol. The highest BCUT2D eigenvalue weighted by molar-refractivity contribution is 5.81. The molecule has 1 aromatic heterocycles. The predicted molar refractivity (Wildman–Crippen MR) is 153 cm³/mol. The molecule has 0 bridgehead atoms. The van der Waals surface area contributed by atoms with E-state index in [1.54, 1.807) is 24.6 Å². The van der Waals surface area contributed by atoms with Gasteiger partial charge in [0.25, 0.3) is 0 Å². The molecular weight excluding hydrogens is 507 g/mol. The Morgan fingerprint density at radius 3 is 2.70 bits per heavy atom. The first-order valence-electron chi connectivity index (χ1n) is 13.8. The Balaban J connectivity index is 1.56. The van der Waals surface area contributed by atoms with Gasteiger partial charge in [0.05, 0.1) is 10.9 Å². The van der Waals surface area contributed by atoms with E-state index in [1.165, 1.54) is 6.07 Å². The summed E-state index contributed by atoms with van der Waals surface area (Å²) in [4.78, 5) is 14.9. The highest BCUT2D eigenvalue weighted by atomic mass is 19.1. The minimum atomic E-state index is -1.09. The van der Waals surface area contributed by atoms with Crippen molar-refractivity contribution in [2.24, 2.45) is 12.5 Å². The van der Waals surface area contributed by atoms with Gasteiger partial charge in [-0.05, 0) is 74.1 Å². The molecule has 210 valence electrons. The zero-order chi connectivity index (χ0) is 28.8. The van der Waals surface area contributed by atoms with Gasteiger partial charge >= 0.3 is 5.97 Å². The number of carboxylic acids is 1. The number of fused-ring (bicyclic) bond motifs is 2. The SMILES string of the molecule is CC[C@@H]1CN(Cc2cc(C(c3ccc4c(nnn4C)c3C)C(C)(C)C(=O)O)ccc2C)Cc2cccc(F)c2O1. The van der Waals surface area contributed by atoms with Crippen molar-refractivity contribution in [3.63, 3.8) is 0 Å². The summed E-state index contributed by atoms with van der Waals surface area (Å²) >= 11 is 0. The zero-order valence-corrected chi connectivity index (χ0v) is 24.0. The molecule has 3 aromatic carbocycles. The normalized spacial score (nSPS) is 16.8. The summed E-state index contributed by atoms with van der Waals surface area (Å²) in [7, 11) is 1.85. The molecule has 0 saturated carbocycles. The summed E-state index contributed by atoms with van der Waals surface area (Å²) in [5, 5.41) is 18.9. The van der Waals surface area contributed by atoms with E-state index < -0.39 is 17.3 Å². The van der Waals surface area contributed by atoms with Crippen LogP contribution in [0, 0.1) is 25.1 Å². The van der Waals surface area contributed by atoms with Gasteiger partial charge < -0.3 is 9.84 Å². The molecule has 1 N–H and O–H groups in total. The van der Waals surface area contributed by atoms with Gasteiger partial charge in [-0.1, -0.05) is 48.5 Å². The van der Waals surface area contributed by atoms with Gasteiger partial charge in [0.1, 0.15) is 11.6 Å². The Labute approximate surface area is 234 Å². The predicted octanol–water partition coefficient (Wildman–Crippen LogP) is 6.14. The van der Waals surface area contributed by atoms with Gasteiger partial charge in [0, 0.05) is 38.2 Å². The van der Waals surface area contributed by atoms with E-state index in [1.807, 2.05) is 38.2 Å². The van der Waals surface area contributed by atoms with Gasteiger partial charge in [-0.2, -0.15) is 0 Å². The molecule has 1 aliphatic heterocycles. The number of benzene rings is 3. The van der Waals surface area contributed by atoms with Crippen LogP contribution < -0.4 is 4.74 Å². The Morgan fingerprint density at radius 1 is 1.20 bits per heavy atom. The van der Waals surface area contributed by atoms with Crippen LogP contribution in [0.5, 0.6) is 5.75 Å². The van der Waals surface area contributed by atoms with Gasteiger partial charge in [-0.15, -0.1) is 5.10 Å². The van der Waals surface area contributed by atoms with Crippen molar-refractivity contribution in [1.29, 1.82) is 0 Å². The van der Waals surface area contributed by atoms with Crippen LogP contribution in [0.15, 0.2) is 48.5 Å². The molecule has 4 aromatic rings. The van der Waals surface area contributed by atoms with Crippen molar-refractivity contribution in [2.45, 2.75) is 66.2 Å². The highest BCUT2D eigenvalue weighted by Gasteiger charge is 2.40. The van der Waals surface area contributed by atoms with E-state index in [4.69, 9.17) is 4.74 Å². The molecule has 2 heterocycles. The number of rotatable bonds is 7. The lowest BCUT2D eigenvalue weighted by molar-refractivity contribution is -0.147. The van der Waals surface area contributed by atoms with Crippen LogP contribution in [0.3, 0.4) is 0 Å². The maximum atomic E-state index is 14.6. The molecule has 1 unspecified atom stereocenters. The molecule has 1 aliphatic rings. The number of aliphatic carboxylic acids is 1. The Kier molecular flexibility index (Phi) is 7.40. The standard InChI is InChI=1S/C32H37FN4O3/c1-7-24-18-37(16-22-9-8-10-26(33)30(22)40-24)17-23-15-21(12-11-19(23)2)28(32(4,5)31(38)39)25-13-14-27-29(20(25)3)34-35-36(27)6/h8-15,24,28H,7,16-18H2,1-6H3,(H,38,39)/t24-,28?/m1/s1. The second-order valence-corrected chi connectivity index (χ2v) is 11.6. The molecule has 2 atom stereocenters. The number of carboxylic acid groups (broad SMARTS) is 1. The van der Waals surface area contributed by atoms with Crippen LogP contribution in [0.25, 0.3) is 11.0 Å². The summed E-state index contributed by atoms with van der Waals surface area (Å²) in [6, 6.07) is 15.3. The van der Waals surface area contributed by atoms with Crippen LogP contribution in [0.1, 0.15) is 66.5 Å². The molecule has 0 radical (unpaired) electrons. The maximum Gasteiger partial charge on any atom is 0.310 e. The summed E-state index contributed by atoms with van der Waals surface area (Å²) in [6.45, 7) is 11.6. The van der Waals surface area contributed by atoms with E-state index in [2.05, 4.69) is 41.2 Å². The first kappa shape index (κ1) is 27.8. The Bertz CT molecular complexity index is 1580. The summed E-state index contributed by atoms with van der Waals surface area (Å²) in [6.07, 6.45) is 0.643. The quantitative estimate of drug-likeness (QED) is 0.301. The lowest BCUT2D eigenvalue weighted by Crippen LogP contribution is -2.33. The molecule has 0 spiro atoms. The Morgan fingerprint density at radius 2 is 1.98 bits per heavy atom. The summed E-state index contributed by atoms with van der Waals surface area (Å²) in [5.74, 6) is -1.26. The zero-order valence-electron chi connectivity index (χ0n) is 24.0. The van der Waals surface area contributed by atoms with Gasteiger partial charge in [0.2, 0.25) is 0 Å². The minimum Gasteiger partial charge on any atom is -0.486 e. The number of nitrogens with zero attached hydrogens (tertiary/aromatic N) is 4. The number of aryl methyl sites for hydroxylation is 3. The minimum absolute atomic E-state index is 0.123. The number of halogens is 1. The molecule has 8 heteroatoms. The van der Waals surface area contributed by atoms with Crippen molar-refractivity contribution < 1.29 is 19.0 Å². The van der Waals surface area contributed by atoms with E-state index >= 15 is 0 Å². The average Bonchev–Trinajstić information content (AvgIpc) is 3.18. The topological polar surface area (TPSA) is 80.5 Å². The monoisotopic (exact) mass is 544 g/mol. The van der Waals surface area contributed by atoms with Crippen molar-refractivity contribution in [3.8, 4) is 5.75 Å².